The van der Waals surface area contributed by atoms with E-state index in [9.17, 15) is 0 Å². The molecule has 122 valence electrons. The summed E-state index contributed by atoms with van der Waals surface area (Å²) in [6.45, 7) is 1.98. The largest absolute Gasteiger partial charge is 0.474 e. The van der Waals surface area contributed by atoms with Gasteiger partial charge in [-0.15, -0.1) is 0 Å². The predicted molar refractivity (Wildman–Crippen MR) is 92.5 cm³/mol. The van der Waals surface area contributed by atoms with Crippen molar-refractivity contribution < 1.29 is 9.47 Å². The molecule has 0 amide bonds. The molecule has 0 bridgehead atoms. The van der Waals surface area contributed by atoms with E-state index in [0.717, 1.165) is 10.9 Å². The fourth-order valence-electron chi connectivity index (χ4n) is 2.85. The van der Waals surface area contributed by atoms with E-state index in [1.807, 2.05) is 6.92 Å². The molecule has 0 aliphatic carbocycles. The van der Waals surface area contributed by atoms with Gasteiger partial charge in [0.25, 0.3) is 0 Å². The Labute approximate surface area is 143 Å². The first-order valence-electron chi connectivity index (χ1n) is 7.47. The van der Waals surface area contributed by atoms with Crippen molar-refractivity contribution in [2.24, 2.45) is 5.73 Å². The number of fused-ring (bicyclic) bond motifs is 3. The maximum absolute atomic E-state index is 6.16. The van der Waals surface area contributed by atoms with E-state index in [4.69, 9.17) is 32.5 Å². The molecule has 7 heteroatoms. The zero-order chi connectivity index (χ0) is 16.8. The molecule has 2 unspecified atom stereocenters. The Balaban J connectivity index is 1.77. The molecule has 4 rings (SSSR count). The van der Waals surface area contributed by atoms with E-state index in [0.29, 0.717) is 27.7 Å². The molecule has 2 heterocycles. The number of hydrogen-bond acceptors (Lipinski definition) is 6. The first kappa shape index (κ1) is 15.0. The molecule has 0 fully saturated rings. The third-order valence-electron chi connectivity index (χ3n) is 4.10. The van der Waals surface area contributed by atoms with E-state index in [1.54, 1.807) is 36.5 Å². The van der Waals surface area contributed by atoms with Crippen LogP contribution in [0.3, 0.4) is 0 Å². The van der Waals surface area contributed by atoms with Gasteiger partial charge in [0.05, 0.1) is 10.9 Å². The molecule has 24 heavy (non-hydrogen) atoms. The standard InChI is InChI=1S/C17H15ClN4O2/c1-8-14-12(19)6-13-11(15(14)24-16(8)20)7-21-17(22-13)23-10-4-2-3-9(18)5-10/h2-8,16H,19-20H2,1H3. The van der Waals surface area contributed by atoms with Crippen LogP contribution in [0.15, 0.2) is 36.5 Å². The molecule has 2 atom stereocenters. The Hall–Kier alpha value is -2.57. The normalized spacial score (nSPS) is 19.1. The number of nitrogen functional groups attached to an aromatic ring is 1. The van der Waals surface area contributed by atoms with Gasteiger partial charge in [-0.25, -0.2) is 4.98 Å². The molecule has 6 nitrogen and oxygen atoms in total. The van der Waals surface area contributed by atoms with Crippen LogP contribution in [0, 0.1) is 0 Å². The van der Waals surface area contributed by atoms with Gasteiger partial charge >= 0.3 is 6.01 Å². The number of nitrogens with zero attached hydrogens (tertiary/aromatic N) is 2. The molecule has 1 aromatic heterocycles. The third kappa shape index (κ3) is 2.40. The summed E-state index contributed by atoms with van der Waals surface area (Å²) in [5.74, 6) is 1.23. The highest BCUT2D eigenvalue weighted by molar-refractivity contribution is 6.30. The smallest absolute Gasteiger partial charge is 0.322 e. The van der Waals surface area contributed by atoms with E-state index >= 15 is 0 Å². The first-order chi connectivity index (χ1) is 11.5. The summed E-state index contributed by atoms with van der Waals surface area (Å²) in [5, 5.41) is 1.34. The molecule has 1 aliphatic heterocycles. The van der Waals surface area contributed by atoms with Crippen molar-refractivity contribution in [1.82, 2.24) is 9.97 Å². The zero-order valence-corrected chi connectivity index (χ0v) is 13.6. The molecular formula is C17H15ClN4O2. The van der Waals surface area contributed by atoms with E-state index in [1.165, 1.54) is 0 Å². The topological polar surface area (TPSA) is 96.3 Å². The van der Waals surface area contributed by atoms with Crippen LogP contribution >= 0.6 is 11.6 Å². The zero-order valence-electron chi connectivity index (χ0n) is 12.9. The van der Waals surface area contributed by atoms with Crippen LogP contribution in [0.2, 0.25) is 5.02 Å². The van der Waals surface area contributed by atoms with E-state index < -0.39 is 6.23 Å². The van der Waals surface area contributed by atoms with Crippen molar-refractivity contribution in [3.63, 3.8) is 0 Å². The summed E-state index contributed by atoms with van der Waals surface area (Å²) in [6.07, 6.45) is 1.24. The van der Waals surface area contributed by atoms with Crippen molar-refractivity contribution in [1.29, 1.82) is 0 Å². The van der Waals surface area contributed by atoms with Crippen LogP contribution in [0.25, 0.3) is 10.9 Å². The molecule has 0 saturated heterocycles. The van der Waals surface area contributed by atoms with Crippen molar-refractivity contribution in [3.8, 4) is 17.5 Å². The second kappa shape index (κ2) is 5.51. The third-order valence-corrected chi connectivity index (χ3v) is 4.33. The molecule has 4 N–H and O–H groups in total. The molecule has 0 radical (unpaired) electrons. The van der Waals surface area contributed by atoms with Gasteiger partial charge in [0, 0.05) is 28.4 Å². The fraction of sp³-hybridized carbons (Fsp3) is 0.176. The lowest BCUT2D eigenvalue weighted by Gasteiger charge is -2.09. The highest BCUT2D eigenvalue weighted by Gasteiger charge is 2.32. The second-order valence-electron chi connectivity index (χ2n) is 5.72. The van der Waals surface area contributed by atoms with Crippen LogP contribution in [-0.4, -0.2) is 16.2 Å². The van der Waals surface area contributed by atoms with E-state index in [-0.39, 0.29) is 11.9 Å². The van der Waals surface area contributed by atoms with Gasteiger partial charge in [-0.2, -0.15) is 4.98 Å². The van der Waals surface area contributed by atoms with Gasteiger partial charge < -0.3 is 15.2 Å². The molecule has 1 aliphatic rings. The number of hydrogen-bond donors (Lipinski definition) is 2. The fourth-order valence-corrected chi connectivity index (χ4v) is 3.03. The van der Waals surface area contributed by atoms with Crippen LogP contribution in [0.5, 0.6) is 17.5 Å². The quantitative estimate of drug-likeness (QED) is 0.692. The molecule has 0 saturated carbocycles. The van der Waals surface area contributed by atoms with Crippen LogP contribution < -0.4 is 20.9 Å². The van der Waals surface area contributed by atoms with Gasteiger partial charge in [0.15, 0.2) is 6.23 Å². The van der Waals surface area contributed by atoms with Crippen LogP contribution in [0.4, 0.5) is 5.69 Å². The summed E-state index contributed by atoms with van der Waals surface area (Å²) in [5.41, 5.74) is 14.3. The molecule has 0 spiro atoms. The van der Waals surface area contributed by atoms with Gasteiger partial charge in [0.1, 0.15) is 11.5 Å². The molecular weight excluding hydrogens is 328 g/mol. The van der Waals surface area contributed by atoms with Crippen LogP contribution in [0.1, 0.15) is 18.4 Å². The average Bonchev–Trinajstić information content (AvgIpc) is 2.83. The highest BCUT2D eigenvalue weighted by atomic mass is 35.5. The summed E-state index contributed by atoms with van der Waals surface area (Å²) in [6, 6.07) is 9.02. The van der Waals surface area contributed by atoms with Gasteiger partial charge in [-0.05, 0) is 24.3 Å². The van der Waals surface area contributed by atoms with Crippen molar-refractivity contribution in [2.75, 3.05) is 5.73 Å². The van der Waals surface area contributed by atoms with Gasteiger partial charge in [-0.3, -0.25) is 5.73 Å². The lowest BCUT2D eigenvalue weighted by molar-refractivity contribution is 0.221. The van der Waals surface area contributed by atoms with E-state index in [2.05, 4.69) is 9.97 Å². The SMILES string of the molecule is CC1c2c(N)cc3nc(Oc4cccc(Cl)c4)ncc3c2OC1N. The Morgan fingerprint density at radius 2 is 2.12 bits per heavy atom. The Kier molecular flexibility index (Phi) is 3.44. The monoisotopic (exact) mass is 342 g/mol. The number of aromatic nitrogens is 2. The first-order valence-corrected chi connectivity index (χ1v) is 7.85. The lowest BCUT2D eigenvalue weighted by Crippen LogP contribution is -2.27. The maximum Gasteiger partial charge on any atom is 0.322 e. The minimum atomic E-state index is -0.421. The number of halogens is 1. The molecule has 3 aromatic rings. The van der Waals surface area contributed by atoms with Crippen molar-refractivity contribution >= 4 is 28.2 Å². The van der Waals surface area contributed by atoms with Gasteiger partial charge in [0.2, 0.25) is 0 Å². The Morgan fingerprint density at radius 1 is 1.29 bits per heavy atom. The number of anilines is 1. The van der Waals surface area contributed by atoms with Crippen molar-refractivity contribution in [2.45, 2.75) is 19.1 Å². The maximum atomic E-state index is 6.16. The number of ether oxygens (including phenoxy) is 2. The number of rotatable bonds is 2. The summed E-state index contributed by atoms with van der Waals surface area (Å²) >= 11 is 5.95. The number of benzene rings is 2. The van der Waals surface area contributed by atoms with Gasteiger partial charge in [-0.1, -0.05) is 24.6 Å². The predicted octanol–water partition coefficient (Wildman–Crippen LogP) is 3.44. The Bertz CT molecular complexity index is 947. The summed E-state index contributed by atoms with van der Waals surface area (Å²) in [4.78, 5) is 8.66. The highest BCUT2D eigenvalue weighted by Crippen LogP contribution is 2.44. The molecule has 2 aromatic carbocycles. The summed E-state index contributed by atoms with van der Waals surface area (Å²) in [7, 11) is 0. The Morgan fingerprint density at radius 3 is 2.92 bits per heavy atom. The summed E-state index contributed by atoms with van der Waals surface area (Å²) < 4.78 is 11.4. The minimum Gasteiger partial charge on any atom is -0.474 e. The average molecular weight is 343 g/mol. The minimum absolute atomic E-state index is 0.0202. The van der Waals surface area contributed by atoms with Crippen molar-refractivity contribution in [3.05, 3.63) is 47.1 Å². The second-order valence-corrected chi connectivity index (χ2v) is 6.16. The lowest BCUT2D eigenvalue weighted by atomic mass is 9.98. The number of nitrogens with two attached hydrogens (primary N) is 2. The van der Waals surface area contributed by atoms with Crippen LogP contribution in [-0.2, 0) is 0 Å².